The fourth-order valence-corrected chi connectivity index (χ4v) is 3.37. The van der Waals surface area contributed by atoms with Crippen LogP contribution in [-0.2, 0) is 10.8 Å². The van der Waals surface area contributed by atoms with E-state index in [4.69, 9.17) is 9.47 Å². The zero-order valence-electron chi connectivity index (χ0n) is 12.9. The topological polar surface area (TPSA) is 81.5 Å². The van der Waals surface area contributed by atoms with Crippen LogP contribution < -0.4 is 9.47 Å². The van der Waals surface area contributed by atoms with E-state index in [0.29, 0.717) is 10.5 Å². The summed E-state index contributed by atoms with van der Waals surface area (Å²) in [4.78, 5) is 0.856. The van der Waals surface area contributed by atoms with Crippen molar-refractivity contribution < 1.29 is 18.8 Å². The number of hydrogen-bond acceptors (Lipinski definition) is 6. The van der Waals surface area contributed by atoms with Crippen LogP contribution in [0.25, 0.3) is 0 Å². The van der Waals surface area contributed by atoms with Gasteiger partial charge in [0.2, 0.25) is 5.88 Å². The molecule has 0 radical (unpaired) electrons. The second kappa shape index (κ2) is 6.85. The second-order valence-corrected chi connectivity index (χ2v) is 6.14. The van der Waals surface area contributed by atoms with Gasteiger partial charge in [-0.05, 0) is 26.0 Å². The first-order valence-corrected chi connectivity index (χ1v) is 7.79. The molecule has 1 N–H and O–H groups in total. The van der Waals surface area contributed by atoms with Gasteiger partial charge in [-0.3, -0.25) is 0 Å². The summed E-state index contributed by atoms with van der Waals surface area (Å²) in [6.45, 7) is 3.50. The molecule has 0 amide bonds. The summed E-state index contributed by atoms with van der Waals surface area (Å²) in [6.07, 6.45) is -0.927. The highest BCUT2D eigenvalue weighted by Crippen LogP contribution is 2.35. The maximum absolute atomic E-state index is 12.9. The Morgan fingerprint density at radius 3 is 2.14 bits per heavy atom. The number of nitrogens with zero attached hydrogens (tertiary/aromatic N) is 2. The Morgan fingerprint density at radius 2 is 1.64 bits per heavy atom. The van der Waals surface area contributed by atoms with Crippen molar-refractivity contribution in [2.45, 2.75) is 29.7 Å². The van der Waals surface area contributed by atoms with Crippen LogP contribution in [-0.4, -0.2) is 33.7 Å². The first kappa shape index (κ1) is 16.4. The average Bonchev–Trinajstić information content (AvgIpc) is 2.53. The standard InChI is InChI=1S/C15H18N2O4S/c1-9-5-7-11(8-6-9)22(19)13-12(10(2)18)14(20-3)16-17-15(13)21-4/h5-8,10,18H,1-4H3/t10-,22?/m0/s1. The number of aryl methyl sites for hydroxylation is 1. The zero-order chi connectivity index (χ0) is 16.3. The zero-order valence-corrected chi connectivity index (χ0v) is 13.7. The Kier molecular flexibility index (Phi) is 5.10. The number of aliphatic hydroxyl groups is 1. The molecule has 1 aromatic carbocycles. The van der Waals surface area contributed by atoms with Gasteiger partial charge < -0.3 is 14.6 Å². The summed E-state index contributed by atoms with van der Waals surface area (Å²) >= 11 is 0. The van der Waals surface area contributed by atoms with Crippen molar-refractivity contribution in [3.8, 4) is 11.8 Å². The van der Waals surface area contributed by atoms with E-state index >= 15 is 0 Å². The van der Waals surface area contributed by atoms with E-state index < -0.39 is 16.9 Å². The number of benzene rings is 1. The predicted molar refractivity (Wildman–Crippen MR) is 81.6 cm³/mol. The van der Waals surface area contributed by atoms with E-state index in [0.717, 1.165) is 5.56 Å². The molecule has 22 heavy (non-hydrogen) atoms. The molecule has 0 saturated carbocycles. The molecule has 0 bridgehead atoms. The summed E-state index contributed by atoms with van der Waals surface area (Å²) in [5.41, 5.74) is 1.38. The number of rotatable bonds is 5. The summed E-state index contributed by atoms with van der Waals surface area (Å²) in [6, 6.07) is 7.27. The molecular formula is C15H18N2O4S. The molecule has 7 heteroatoms. The molecule has 0 fully saturated rings. The van der Waals surface area contributed by atoms with Crippen molar-refractivity contribution in [1.82, 2.24) is 10.2 Å². The predicted octanol–water partition coefficient (Wildman–Crippen LogP) is 2.02. The van der Waals surface area contributed by atoms with Crippen molar-refractivity contribution in [2.24, 2.45) is 0 Å². The van der Waals surface area contributed by atoms with Gasteiger partial charge in [0.15, 0.2) is 0 Å². The highest BCUT2D eigenvalue weighted by atomic mass is 32.2. The van der Waals surface area contributed by atoms with Gasteiger partial charge in [-0.25, -0.2) is 4.21 Å². The summed E-state index contributed by atoms with van der Waals surface area (Å²) in [5, 5.41) is 17.8. The fourth-order valence-electron chi connectivity index (χ4n) is 2.01. The van der Waals surface area contributed by atoms with Crippen LogP contribution >= 0.6 is 0 Å². The lowest BCUT2D eigenvalue weighted by atomic mass is 10.2. The normalized spacial score (nSPS) is 13.5. The van der Waals surface area contributed by atoms with Gasteiger partial charge in [0.25, 0.3) is 5.88 Å². The van der Waals surface area contributed by atoms with Crippen LogP contribution in [0.15, 0.2) is 34.1 Å². The fraction of sp³-hybridized carbons (Fsp3) is 0.333. The minimum atomic E-state index is -1.58. The molecule has 118 valence electrons. The molecule has 1 unspecified atom stereocenters. The van der Waals surface area contributed by atoms with E-state index in [-0.39, 0.29) is 16.7 Å². The van der Waals surface area contributed by atoms with Gasteiger partial charge in [-0.15, -0.1) is 10.2 Å². The molecule has 2 rings (SSSR count). The maximum Gasteiger partial charge on any atom is 0.250 e. The van der Waals surface area contributed by atoms with Crippen LogP contribution in [0.3, 0.4) is 0 Å². The van der Waals surface area contributed by atoms with Crippen molar-refractivity contribution in [3.63, 3.8) is 0 Å². The van der Waals surface area contributed by atoms with Crippen molar-refractivity contribution in [3.05, 3.63) is 35.4 Å². The molecule has 0 aliphatic heterocycles. The van der Waals surface area contributed by atoms with Gasteiger partial charge in [-0.1, -0.05) is 17.7 Å². The van der Waals surface area contributed by atoms with Crippen LogP contribution in [0, 0.1) is 6.92 Å². The Morgan fingerprint density at radius 1 is 1.09 bits per heavy atom. The molecule has 1 aromatic heterocycles. The molecular weight excluding hydrogens is 304 g/mol. The van der Waals surface area contributed by atoms with Gasteiger partial charge in [0.05, 0.1) is 36.7 Å². The number of hydrogen-bond donors (Lipinski definition) is 1. The molecule has 2 atom stereocenters. The van der Waals surface area contributed by atoms with Gasteiger partial charge in [-0.2, -0.15) is 0 Å². The second-order valence-electron chi connectivity index (χ2n) is 4.72. The van der Waals surface area contributed by atoms with Gasteiger partial charge in [0, 0.05) is 4.90 Å². The summed E-state index contributed by atoms with van der Waals surface area (Å²) in [5.74, 6) is 0.238. The lowest BCUT2D eigenvalue weighted by Gasteiger charge is -2.16. The number of methoxy groups -OCH3 is 2. The largest absolute Gasteiger partial charge is 0.480 e. The lowest BCUT2D eigenvalue weighted by Crippen LogP contribution is -2.10. The highest BCUT2D eigenvalue weighted by molar-refractivity contribution is 7.85. The average molecular weight is 322 g/mol. The van der Waals surface area contributed by atoms with Crippen LogP contribution in [0.1, 0.15) is 24.2 Å². The Bertz CT molecular complexity index is 687. The number of aliphatic hydroxyl groups excluding tert-OH is 1. The number of aromatic nitrogens is 2. The monoisotopic (exact) mass is 322 g/mol. The van der Waals surface area contributed by atoms with Crippen LogP contribution in [0.4, 0.5) is 0 Å². The molecule has 0 saturated heterocycles. The van der Waals surface area contributed by atoms with Crippen LogP contribution in [0.5, 0.6) is 11.8 Å². The first-order valence-electron chi connectivity index (χ1n) is 6.64. The summed E-state index contributed by atoms with van der Waals surface area (Å²) in [7, 11) is 1.25. The molecule has 0 aliphatic rings. The highest BCUT2D eigenvalue weighted by Gasteiger charge is 2.26. The van der Waals surface area contributed by atoms with Crippen molar-refractivity contribution in [2.75, 3.05) is 14.2 Å². The first-order chi connectivity index (χ1) is 10.5. The third kappa shape index (κ3) is 3.10. The van der Waals surface area contributed by atoms with Crippen molar-refractivity contribution in [1.29, 1.82) is 0 Å². The van der Waals surface area contributed by atoms with Crippen molar-refractivity contribution >= 4 is 10.8 Å². The van der Waals surface area contributed by atoms with Gasteiger partial charge in [0.1, 0.15) is 4.90 Å². The molecule has 2 aromatic rings. The van der Waals surface area contributed by atoms with E-state index in [9.17, 15) is 9.32 Å². The Balaban J connectivity index is 2.65. The quantitative estimate of drug-likeness (QED) is 0.907. The third-order valence-corrected chi connectivity index (χ3v) is 4.59. The Hall–Kier alpha value is -1.99. The Labute approximate surface area is 131 Å². The molecule has 0 spiro atoms. The van der Waals surface area contributed by atoms with Gasteiger partial charge >= 0.3 is 0 Å². The van der Waals surface area contributed by atoms with E-state index in [1.165, 1.54) is 14.2 Å². The molecule has 6 nitrogen and oxygen atoms in total. The summed E-state index contributed by atoms with van der Waals surface area (Å²) < 4.78 is 23.2. The van der Waals surface area contributed by atoms with E-state index in [1.54, 1.807) is 19.1 Å². The molecule has 0 aliphatic carbocycles. The lowest BCUT2D eigenvalue weighted by molar-refractivity contribution is 0.187. The number of ether oxygens (including phenoxy) is 2. The van der Waals surface area contributed by atoms with Crippen LogP contribution in [0.2, 0.25) is 0 Å². The minimum Gasteiger partial charge on any atom is -0.480 e. The van der Waals surface area contributed by atoms with E-state index in [2.05, 4.69) is 10.2 Å². The SMILES string of the molecule is COc1nnc(OC)c(S(=O)c2ccc(C)cc2)c1[C@H](C)O. The molecule has 1 heterocycles. The third-order valence-electron chi connectivity index (χ3n) is 3.13. The van der Waals surface area contributed by atoms with E-state index in [1.807, 2.05) is 19.1 Å². The maximum atomic E-state index is 12.9. The minimum absolute atomic E-state index is 0.107. The smallest absolute Gasteiger partial charge is 0.250 e.